The Kier molecular flexibility index (Phi) is 6.44. The van der Waals surface area contributed by atoms with E-state index in [9.17, 15) is 24.9 Å². The van der Waals surface area contributed by atoms with Crippen LogP contribution in [0.5, 0.6) is 5.75 Å². The minimum Gasteiger partial charge on any atom is -0.504 e. The second kappa shape index (κ2) is 9.63. The Morgan fingerprint density at radius 3 is 2.41 bits per heavy atom. The maximum absolute atomic E-state index is 13.7. The third kappa shape index (κ3) is 4.42. The lowest BCUT2D eigenvalue weighted by atomic mass is 9.86. The Bertz CT molecular complexity index is 1770. The molecule has 3 aromatic heterocycles. The van der Waals surface area contributed by atoms with Gasteiger partial charge in [0.15, 0.2) is 5.75 Å². The minimum absolute atomic E-state index is 0.0293. The number of aliphatic hydroxyl groups is 1. The van der Waals surface area contributed by atoms with Gasteiger partial charge in [0.2, 0.25) is 17.3 Å². The molecule has 0 amide bonds. The Morgan fingerprint density at radius 1 is 1.00 bits per heavy atom. The van der Waals surface area contributed by atoms with Gasteiger partial charge in [0.05, 0.1) is 17.7 Å². The van der Waals surface area contributed by atoms with Crippen LogP contribution < -0.4 is 0 Å². The number of carboxylic acid groups (broad SMARTS) is 1. The standard InChI is InChI=1S/C31H30N2O6/c1-16(15-34)12-13-17-8-7-10-18-20(14-32-24(17)18)25(35)28-26(36)23(27(39-28)30(37)38)22-19-9-5-6-11-21(19)33-29(22)31(2,3)4/h5-12,14,32-34,36H,13,15H2,1-4H3,(H,37,38)/b16-12+. The number of aromatic nitrogens is 2. The first-order valence-corrected chi connectivity index (χ1v) is 12.6. The maximum atomic E-state index is 13.7. The van der Waals surface area contributed by atoms with E-state index < -0.39 is 34.4 Å². The Balaban J connectivity index is 1.69. The number of aliphatic hydroxyl groups excluding tert-OH is 1. The van der Waals surface area contributed by atoms with Crippen LogP contribution in [0.15, 0.2) is 64.7 Å². The molecular formula is C31H30N2O6. The number of hydrogen-bond donors (Lipinski definition) is 5. The molecule has 2 aromatic carbocycles. The first kappa shape index (κ1) is 26.1. The van der Waals surface area contributed by atoms with Gasteiger partial charge in [-0.3, -0.25) is 4.79 Å². The molecule has 0 saturated carbocycles. The minimum atomic E-state index is -1.39. The summed E-state index contributed by atoms with van der Waals surface area (Å²) in [4.78, 5) is 32.6. The normalized spacial score (nSPS) is 12.5. The predicted octanol–water partition coefficient (Wildman–Crippen LogP) is 6.32. The summed E-state index contributed by atoms with van der Waals surface area (Å²) in [5, 5.41) is 32.1. The zero-order valence-electron chi connectivity index (χ0n) is 22.2. The number of rotatable bonds is 7. The van der Waals surface area contributed by atoms with Crippen LogP contribution in [0, 0.1) is 0 Å². The van der Waals surface area contributed by atoms with Crippen LogP contribution >= 0.6 is 0 Å². The number of carbonyl (C=O) groups excluding carboxylic acids is 1. The van der Waals surface area contributed by atoms with E-state index in [2.05, 4.69) is 9.97 Å². The van der Waals surface area contributed by atoms with Crippen molar-refractivity contribution in [2.75, 3.05) is 6.61 Å². The van der Waals surface area contributed by atoms with Crippen molar-refractivity contribution in [3.8, 4) is 16.9 Å². The maximum Gasteiger partial charge on any atom is 0.372 e. The van der Waals surface area contributed by atoms with Crippen LogP contribution in [0.3, 0.4) is 0 Å². The lowest BCUT2D eigenvalue weighted by molar-refractivity contribution is 0.0661. The summed E-state index contributed by atoms with van der Waals surface area (Å²) < 4.78 is 5.64. The summed E-state index contributed by atoms with van der Waals surface area (Å²) in [6.45, 7) is 7.73. The summed E-state index contributed by atoms with van der Waals surface area (Å²) in [5.74, 6) is -3.48. The van der Waals surface area contributed by atoms with E-state index in [1.807, 2.05) is 70.2 Å². The van der Waals surface area contributed by atoms with Gasteiger partial charge in [-0.1, -0.05) is 68.8 Å². The number of allylic oxidation sites excluding steroid dienone is 1. The van der Waals surface area contributed by atoms with Crippen molar-refractivity contribution in [1.29, 1.82) is 0 Å². The van der Waals surface area contributed by atoms with Crippen molar-refractivity contribution in [2.24, 2.45) is 0 Å². The molecule has 5 rings (SSSR count). The molecule has 200 valence electrons. The molecule has 0 saturated heterocycles. The van der Waals surface area contributed by atoms with E-state index in [0.29, 0.717) is 28.5 Å². The van der Waals surface area contributed by atoms with Gasteiger partial charge in [-0.05, 0) is 25.0 Å². The number of carboxylic acids is 1. The molecule has 0 aliphatic carbocycles. The fourth-order valence-corrected chi connectivity index (χ4v) is 4.97. The molecule has 0 radical (unpaired) electrons. The number of aromatic carboxylic acids is 1. The zero-order valence-corrected chi connectivity index (χ0v) is 22.2. The van der Waals surface area contributed by atoms with Gasteiger partial charge in [-0.15, -0.1) is 0 Å². The first-order valence-electron chi connectivity index (χ1n) is 12.6. The molecule has 0 spiro atoms. The van der Waals surface area contributed by atoms with Crippen molar-refractivity contribution in [1.82, 2.24) is 9.97 Å². The number of nitrogens with one attached hydrogen (secondary N) is 2. The van der Waals surface area contributed by atoms with Crippen LogP contribution in [0.2, 0.25) is 0 Å². The van der Waals surface area contributed by atoms with Crippen LogP contribution in [-0.2, 0) is 11.8 Å². The first-order chi connectivity index (χ1) is 18.5. The lowest BCUT2D eigenvalue weighted by Crippen LogP contribution is -2.13. The number of carbonyl (C=O) groups is 2. The fraction of sp³-hybridized carbons (Fsp3) is 0.226. The van der Waals surface area contributed by atoms with Gasteiger partial charge in [-0.2, -0.15) is 0 Å². The van der Waals surface area contributed by atoms with Crippen molar-refractivity contribution < 1.29 is 29.3 Å². The number of hydrogen-bond acceptors (Lipinski definition) is 5. The zero-order chi connectivity index (χ0) is 28.1. The number of benzene rings is 2. The number of aromatic hydroxyl groups is 1. The number of para-hydroxylation sites is 2. The van der Waals surface area contributed by atoms with E-state index in [-0.39, 0.29) is 17.7 Å². The van der Waals surface area contributed by atoms with Gasteiger partial charge in [0.25, 0.3) is 0 Å². The summed E-state index contributed by atoms with van der Waals surface area (Å²) in [5.41, 5.74) is 4.24. The topological polar surface area (TPSA) is 140 Å². The van der Waals surface area contributed by atoms with Crippen molar-refractivity contribution in [2.45, 2.75) is 39.5 Å². The van der Waals surface area contributed by atoms with E-state index in [0.717, 1.165) is 22.2 Å². The summed E-state index contributed by atoms with van der Waals surface area (Å²) in [6.07, 6.45) is 4.00. The lowest BCUT2D eigenvalue weighted by Gasteiger charge is -2.19. The average molecular weight is 527 g/mol. The number of H-pyrrole nitrogens is 2. The summed E-state index contributed by atoms with van der Waals surface area (Å²) in [7, 11) is 0. The molecule has 39 heavy (non-hydrogen) atoms. The smallest absolute Gasteiger partial charge is 0.372 e. The molecule has 8 nitrogen and oxygen atoms in total. The molecule has 0 atom stereocenters. The highest BCUT2D eigenvalue weighted by Crippen LogP contribution is 2.47. The highest BCUT2D eigenvalue weighted by atomic mass is 16.4. The van der Waals surface area contributed by atoms with Crippen molar-refractivity contribution in [3.63, 3.8) is 0 Å². The third-order valence-electron chi connectivity index (χ3n) is 6.96. The van der Waals surface area contributed by atoms with Gasteiger partial charge < -0.3 is 29.7 Å². The SMILES string of the molecule is C/C(=C\Cc1cccc2c(C(=O)c3oc(C(=O)O)c(-c4c(C(C)(C)C)[nH]c5ccccc45)c3O)c[nH]c12)CO. The van der Waals surface area contributed by atoms with Crippen LogP contribution in [0.1, 0.15) is 65.6 Å². The van der Waals surface area contributed by atoms with Crippen molar-refractivity contribution in [3.05, 3.63) is 88.7 Å². The molecule has 0 unspecified atom stereocenters. The molecule has 3 heterocycles. The Labute approximate surface area is 224 Å². The predicted molar refractivity (Wildman–Crippen MR) is 150 cm³/mol. The second-order valence-corrected chi connectivity index (χ2v) is 10.7. The van der Waals surface area contributed by atoms with Gasteiger partial charge in [0.1, 0.15) is 0 Å². The van der Waals surface area contributed by atoms with E-state index >= 15 is 0 Å². The average Bonchev–Trinajstić information content (AvgIpc) is 3.60. The van der Waals surface area contributed by atoms with E-state index in [1.165, 1.54) is 6.20 Å². The monoisotopic (exact) mass is 526 g/mol. The Morgan fingerprint density at radius 2 is 1.72 bits per heavy atom. The number of aromatic amines is 2. The van der Waals surface area contributed by atoms with E-state index in [4.69, 9.17) is 4.42 Å². The van der Waals surface area contributed by atoms with Crippen molar-refractivity contribution >= 4 is 33.6 Å². The highest BCUT2D eigenvalue weighted by molar-refractivity contribution is 6.18. The molecule has 0 fully saturated rings. The summed E-state index contributed by atoms with van der Waals surface area (Å²) in [6, 6.07) is 12.9. The van der Waals surface area contributed by atoms with Crippen LogP contribution in [0.25, 0.3) is 32.9 Å². The van der Waals surface area contributed by atoms with Crippen LogP contribution in [-0.4, -0.2) is 43.6 Å². The van der Waals surface area contributed by atoms with Gasteiger partial charge >= 0.3 is 5.97 Å². The number of fused-ring (bicyclic) bond motifs is 2. The Hall–Kier alpha value is -4.56. The van der Waals surface area contributed by atoms with Gasteiger partial charge in [-0.25, -0.2) is 4.79 Å². The molecule has 5 N–H and O–H groups in total. The molecule has 0 aliphatic rings. The van der Waals surface area contributed by atoms with Gasteiger partial charge in [0, 0.05) is 44.7 Å². The molecule has 0 aliphatic heterocycles. The third-order valence-corrected chi connectivity index (χ3v) is 6.96. The molecule has 5 aromatic rings. The second-order valence-electron chi connectivity index (χ2n) is 10.7. The highest BCUT2D eigenvalue weighted by Gasteiger charge is 2.35. The molecular weight excluding hydrogens is 496 g/mol. The quantitative estimate of drug-likeness (QED) is 0.124. The van der Waals surface area contributed by atoms with E-state index in [1.54, 1.807) is 6.07 Å². The summed E-state index contributed by atoms with van der Waals surface area (Å²) >= 11 is 0. The fourth-order valence-electron chi connectivity index (χ4n) is 4.97. The molecule has 0 bridgehead atoms. The number of furan rings is 1. The largest absolute Gasteiger partial charge is 0.504 e. The van der Waals surface area contributed by atoms with Crippen LogP contribution in [0.4, 0.5) is 0 Å². The molecule has 8 heteroatoms. The number of ketones is 1.